The molecular formula is C30H32N2O6. The topological polar surface area (TPSA) is 86.3 Å². The van der Waals surface area contributed by atoms with Crippen LogP contribution in [0, 0.1) is 0 Å². The van der Waals surface area contributed by atoms with Crippen molar-refractivity contribution in [3.63, 3.8) is 0 Å². The summed E-state index contributed by atoms with van der Waals surface area (Å²) in [5.41, 5.74) is 3.67. The minimum atomic E-state index is -0.661. The van der Waals surface area contributed by atoms with Crippen LogP contribution in [-0.4, -0.2) is 50.7 Å². The van der Waals surface area contributed by atoms with Crippen molar-refractivity contribution in [2.75, 3.05) is 39.3 Å². The highest BCUT2D eigenvalue weighted by Crippen LogP contribution is 2.49. The fourth-order valence-corrected chi connectivity index (χ4v) is 5.48. The minimum absolute atomic E-state index is 0.0777. The van der Waals surface area contributed by atoms with Crippen molar-refractivity contribution < 1.29 is 28.5 Å². The molecule has 0 aromatic heterocycles. The lowest BCUT2D eigenvalue weighted by atomic mass is 9.75. The predicted octanol–water partition coefficient (Wildman–Crippen LogP) is 4.98. The molecule has 5 rings (SSSR count). The number of methoxy groups -OCH3 is 2. The molecule has 2 atom stereocenters. The van der Waals surface area contributed by atoms with Crippen LogP contribution in [0.4, 0.5) is 5.69 Å². The molecule has 0 radical (unpaired) electrons. The SMILES string of the molecule is CCOc1cc2c(cc1OCC)[C@H]1[C@@H](C(=O)Nc3cc(OC)ccc3OC)c3ccccc3C(=O)N1CC2. The van der Waals surface area contributed by atoms with Crippen molar-refractivity contribution in [2.45, 2.75) is 32.2 Å². The number of rotatable bonds is 8. The van der Waals surface area contributed by atoms with Crippen LogP contribution < -0.4 is 24.3 Å². The number of carbonyl (C=O) groups is 2. The van der Waals surface area contributed by atoms with Gasteiger partial charge in [-0.25, -0.2) is 0 Å². The minimum Gasteiger partial charge on any atom is -0.497 e. The molecule has 2 aliphatic heterocycles. The van der Waals surface area contributed by atoms with Crippen molar-refractivity contribution >= 4 is 17.5 Å². The molecule has 0 bridgehead atoms. The molecule has 2 aliphatic rings. The van der Waals surface area contributed by atoms with Crippen LogP contribution >= 0.6 is 0 Å². The second-order valence-electron chi connectivity index (χ2n) is 9.18. The van der Waals surface area contributed by atoms with Gasteiger partial charge in [0.2, 0.25) is 5.91 Å². The van der Waals surface area contributed by atoms with Crippen LogP contribution in [0.2, 0.25) is 0 Å². The molecule has 0 fully saturated rings. The van der Waals surface area contributed by atoms with Crippen LogP contribution in [0.1, 0.15) is 52.9 Å². The van der Waals surface area contributed by atoms with Gasteiger partial charge in [0.25, 0.3) is 5.91 Å². The number of nitrogens with one attached hydrogen (secondary N) is 1. The highest BCUT2D eigenvalue weighted by molar-refractivity contribution is 6.05. The highest BCUT2D eigenvalue weighted by Gasteiger charge is 2.46. The first kappa shape index (κ1) is 25.4. The third kappa shape index (κ3) is 4.40. The number of amides is 2. The average Bonchev–Trinajstić information content (AvgIpc) is 2.93. The Hall–Kier alpha value is -4.20. The van der Waals surface area contributed by atoms with E-state index >= 15 is 0 Å². The molecule has 2 heterocycles. The summed E-state index contributed by atoms with van der Waals surface area (Å²) >= 11 is 0. The zero-order chi connectivity index (χ0) is 26.8. The van der Waals surface area contributed by atoms with E-state index in [1.54, 1.807) is 38.5 Å². The van der Waals surface area contributed by atoms with Crippen molar-refractivity contribution in [3.8, 4) is 23.0 Å². The Labute approximate surface area is 222 Å². The van der Waals surface area contributed by atoms with E-state index in [0.717, 1.165) is 11.1 Å². The van der Waals surface area contributed by atoms with Crippen molar-refractivity contribution in [2.24, 2.45) is 0 Å². The standard InChI is InChI=1S/C30H32N2O6/c1-5-37-25-15-18-13-14-32-28(22(18)17-26(25)38-6-2)27(20-9-7-8-10-21(20)30(32)34)29(33)31-23-16-19(35-3)11-12-24(23)36-4/h7-12,15-17,27-28H,5-6,13-14H2,1-4H3,(H,31,33)/t27-,28-/m0/s1. The van der Waals surface area contributed by atoms with Crippen LogP contribution in [0.25, 0.3) is 0 Å². The smallest absolute Gasteiger partial charge is 0.254 e. The van der Waals surface area contributed by atoms with Crippen molar-refractivity contribution in [1.29, 1.82) is 0 Å². The fourth-order valence-electron chi connectivity index (χ4n) is 5.48. The van der Waals surface area contributed by atoms with Gasteiger partial charge in [0.15, 0.2) is 11.5 Å². The maximum Gasteiger partial charge on any atom is 0.254 e. The van der Waals surface area contributed by atoms with E-state index in [1.165, 1.54) is 0 Å². The second kappa shape index (κ2) is 10.7. The van der Waals surface area contributed by atoms with Crippen LogP contribution in [0.15, 0.2) is 54.6 Å². The van der Waals surface area contributed by atoms with Gasteiger partial charge in [0.05, 0.1) is 45.1 Å². The molecule has 3 aromatic carbocycles. The molecule has 0 aliphatic carbocycles. The fraction of sp³-hybridized carbons (Fsp3) is 0.333. The highest BCUT2D eigenvalue weighted by atomic mass is 16.5. The summed E-state index contributed by atoms with van der Waals surface area (Å²) in [6.07, 6.45) is 0.657. The summed E-state index contributed by atoms with van der Waals surface area (Å²) in [6, 6.07) is 16.0. The molecule has 198 valence electrons. The molecular weight excluding hydrogens is 484 g/mol. The summed E-state index contributed by atoms with van der Waals surface area (Å²) in [4.78, 5) is 29.6. The monoisotopic (exact) mass is 516 g/mol. The average molecular weight is 517 g/mol. The molecule has 0 saturated heterocycles. The van der Waals surface area contributed by atoms with Crippen molar-refractivity contribution in [1.82, 2.24) is 4.90 Å². The van der Waals surface area contributed by atoms with Gasteiger partial charge in [-0.15, -0.1) is 0 Å². The molecule has 3 aromatic rings. The zero-order valence-electron chi connectivity index (χ0n) is 22.1. The maximum absolute atomic E-state index is 14.1. The molecule has 38 heavy (non-hydrogen) atoms. The Morgan fingerprint density at radius 2 is 1.66 bits per heavy atom. The quantitative estimate of drug-likeness (QED) is 0.455. The molecule has 8 heteroatoms. The van der Waals surface area contributed by atoms with E-state index < -0.39 is 12.0 Å². The molecule has 1 N–H and O–H groups in total. The summed E-state index contributed by atoms with van der Waals surface area (Å²) in [5.74, 6) is 1.40. The van der Waals surface area contributed by atoms with E-state index in [4.69, 9.17) is 18.9 Å². The van der Waals surface area contributed by atoms with Gasteiger partial charge in [-0.05, 0) is 67.3 Å². The van der Waals surface area contributed by atoms with Gasteiger partial charge in [0.1, 0.15) is 11.5 Å². The van der Waals surface area contributed by atoms with Gasteiger partial charge in [0, 0.05) is 18.2 Å². The summed E-state index contributed by atoms with van der Waals surface area (Å²) in [6.45, 7) is 5.32. The molecule has 8 nitrogen and oxygen atoms in total. The van der Waals surface area contributed by atoms with E-state index in [-0.39, 0.29) is 11.8 Å². The Kier molecular flexibility index (Phi) is 7.13. The van der Waals surface area contributed by atoms with Gasteiger partial charge in [-0.2, -0.15) is 0 Å². The van der Waals surface area contributed by atoms with Gasteiger partial charge >= 0.3 is 0 Å². The number of ether oxygens (including phenoxy) is 4. The number of hydrogen-bond donors (Lipinski definition) is 1. The Morgan fingerprint density at radius 3 is 2.37 bits per heavy atom. The molecule has 0 unspecified atom stereocenters. The van der Waals surface area contributed by atoms with Gasteiger partial charge < -0.3 is 29.2 Å². The first-order chi connectivity index (χ1) is 18.5. The number of carbonyl (C=O) groups excluding carboxylic acids is 2. The summed E-state index contributed by atoms with van der Waals surface area (Å²) in [5, 5.41) is 3.06. The third-order valence-electron chi connectivity index (χ3n) is 7.13. The first-order valence-electron chi connectivity index (χ1n) is 12.9. The van der Waals surface area contributed by atoms with Crippen molar-refractivity contribution in [3.05, 3.63) is 76.9 Å². The number of anilines is 1. The van der Waals surface area contributed by atoms with Crippen LogP contribution in [-0.2, 0) is 11.2 Å². The van der Waals surface area contributed by atoms with Gasteiger partial charge in [-0.1, -0.05) is 18.2 Å². The van der Waals surface area contributed by atoms with Gasteiger partial charge in [-0.3, -0.25) is 9.59 Å². The largest absolute Gasteiger partial charge is 0.497 e. The number of benzene rings is 3. The van der Waals surface area contributed by atoms with Crippen LogP contribution in [0.5, 0.6) is 23.0 Å². The number of nitrogens with zero attached hydrogens (tertiary/aromatic N) is 1. The molecule has 0 saturated carbocycles. The summed E-state index contributed by atoms with van der Waals surface area (Å²) in [7, 11) is 3.12. The lowest BCUT2D eigenvalue weighted by Gasteiger charge is -2.45. The molecule has 2 amide bonds. The maximum atomic E-state index is 14.1. The van der Waals surface area contributed by atoms with E-state index in [1.807, 2.05) is 49.1 Å². The Bertz CT molecular complexity index is 1370. The number of fused-ring (bicyclic) bond motifs is 4. The zero-order valence-corrected chi connectivity index (χ0v) is 22.1. The Balaban J connectivity index is 1.64. The van der Waals surface area contributed by atoms with E-state index in [0.29, 0.717) is 66.0 Å². The summed E-state index contributed by atoms with van der Waals surface area (Å²) < 4.78 is 22.6. The number of hydrogen-bond acceptors (Lipinski definition) is 6. The first-order valence-corrected chi connectivity index (χ1v) is 12.9. The van der Waals surface area contributed by atoms with E-state index in [2.05, 4.69) is 5.32 Å². The Morgan fingerprint density at radius 1 is 0.921 bits per heavy atom. The molecule has 0 spiro atoms. The predicted molar refractivity (Wildman–Crippen MR) is 144 cm³/mol. The lowest BCUT2D eigenvalue weighted by molar-refractivity contribution is -0.119. The third-order valence-corrected chi connectivity index (χ3v) is 7.13. The van der Waals surface area contributed by atoms with Crippen LogP contribution in [0.3, 0.4) is 0 Å². The lowest BCUT2D eigenvalue weighted by Crippen LogP contribution is -2.49. The second-order valence-corrected chi connectivity index (χ2v) is 9.18. The van der Waals surface area contributed by atoms with E-state index in [9.17, 15) is 9.59 Å². The normalized spacial score (nSPS) is 17.6.